The number of carbonyl (C=O) groups is 1. The standard InChI is InChI=1S/C16H23NO2/c1-2-7-14-10-6-11-16(19)17(14)15(12-18)13-8-4-3-5-9-13/h3-5,8-9,14-15,18H,2,6-7,10-12H2,1H3/t14-,15-/m1/s1. The Morgan fingerprint density at radius 2 is 2.11 bits per heavy atom. The molecule has 3 heteroatoms. The third-order valence-electron chi connectivity index (χ3n) is 3.92. The van der Waals surface area contributed by atoms with Crippen LogP contribution in [0.4, 0.5) is 0 Å². The van der Waals surface area contributed by atoms with Gasteiger partial charge in [-0.15, -0.1) is 0 Å². The predicted molar refractivity (Wildman–Crippen MR) is 75.7 cm³/mol. The van der Waals surface area contributed by atoms with Crippen molar-refractivity contribution in [1.82, 2.24) is 4.90 Å². The summed E-state index contributed by atoms with van der Waals surface area (Å²) in [7, 11) is 0. The van der Waals surface area contributed by atoms with E-state index in [9.17, 15) is 9.90 Å². The number of amides is 1. The van der Waals surface area contributed by atoms with E-state index in [4.69, 9.17) is 0 Å². The van der Waals surface area contributed by atoms with E-state index in [1.165, 1.54) is 0 Å². The Hall–Kier alpha value is -1.35. The fourth-order valence-electron chi connectivity index (χ4n) is 3.03. The molecule has 0 radical (unpaired) electrons. The zero-order valence-electron chi connectivity index (χ0n) is 11.6. The second kappa shape index (κ2) is 6.71. The van der Waals surface area contributed by atoms with Crippen molar-refractivity contribution in [1.29, 1.82) is 0 Å². The number of hydrogen-bond acceptors (Lipinski definition) is 2. The van der Waals surface area contributed by atoms with E-state index in [1.54, 1.807) is 0 Å². The first-order valence-electron chi connectivity index (χ1n) is 7.25. The van der Waals surface area contributed by atoms with Crippen molar-refractivity contribution < 1.29 is 9.90 Å². The molecular formula is C16H23NO2. The predicted octanol–water partition coefficient (Wildman–Crippen LogP) is 2.90. The average Bonchev–Trinajstić information content (AvgIpc) is 2.44. The van der Waals surface area contributed by atoms with Crippen molar-refractivity contribution in [2.75, 3.05) is 6.61 Å². The lowest BCUT2D eigenvalue weighted by molar-refractivity contribution is -0.141. The van der Waals surface area contributed by atoms with Crippen LogP contribution in [-0.2, 0) is 4.79 Å². The third-order valence-corrected chi connectivity index (χ3v) is 3.92. The first-order chi connectivity index (χ1) is 9.27. The van der Waals surface area contributed by atoms with E-state index in [-0.39, 0.29) is 24.6 Å². The molecule has 104 valence electrons. The summed E-state index contributed by atoms with van der Waals surface area (Å²) in [6.07, 6.45) is 4.75. The van der Waals surface area contributed by atoms with Gasteiger partial charge in [-0.1, -0.05) is 43.7 Å². The van der Waals surface area contributed by atoms with Crippen LogP contribution in [0.1, 0.15) is 50.6 Å². The van der Waals surface area contributed by atoms with Crippen molar-refractivity contribution in [2.45, 2.75) is 51.1 Å². The fourth-order valence-corrected chi connectivity index (χ4v) is 3.03. The zero-order valence-corrected chi connectivity index (χ0v) is 11.6. The Kier molecular flexibility index (Phi) is 4.97. The minimum atomic E-state index is -0.189. The van der Waals surface area contributed by atoms with Gasteiger partial charge < -0.3 is 10.0 Å². The second-order valence-corrected chi connectivity index (χ2v) is 5.24. The molecule has 0 bridgehead atoms. The SMILES string of the molecule is CCC[C@@H]1CCCC(=O)N1[C@H](CO)c1ccccc1. The number of aliphatic hydroxyl groups excluding tert-OH is 1. The van der Waals surface area contributed by atoms with Gasteiger partial charge in [-0.3, -0.25) is 4.79 Å². The molecule has 0 aromatic heterocycles. The average molecular weight is 261 g/mol. The summed E-state index contributed by atoms with van der Waals surface area (Å²) >= 11 is 0. The number of nitrogens with zero attached hydrogens (tertiary/aromatic N) is 1. The van der Waals surface area contributed by atoms with Gasteiger partial charge in [0.2, 0.25) is 5.91 Å². The minimum absolute atomic E-state index is 0.00400. The van der Waals surface area contributed by atoms with Crippen LogP contribution < -0.4 is 0 Å². The number of piperidine rings is 1. The Labute approximate surface area is 115 Å². The largest absolute Gasteiger partial charge is 0.394 e. The third kappa shape index (κ3) is 3.16. The molecule has 0 spiro atoms. The highest BCUT2D eigenvalue weighted by molar-refractivity contribution is 5.78. The summed E-state index contributed by atoms with van der Waals surface area (Å²) in [4.78, 5) is 14.2. The molecule has 0 saturated carbocycles. The number of rotatable bonds is 5. The van der Waals surface area contributed by atoms with Crippen LogP contribution in [0, 0.1) is 0 Å². The van der Waals surface area contributed by atoms with Gasteiger partial charge in [-0.25, -0.2) is 0 Å². The Morgan fingerprint density at radius 1 is 1.37 bits per heavy atom. The molecule has 1 aliphatic heterocycles. The van der Waals surface area contributed by atoms with E-state index in [2.05, 4.69) is 6.92 Å². The van der Waals surface area contributed by atoms with Gasteiger partial charge in [0.15, 0.2) is 0 Å². The molecule has 1 amide bonds. The van der Waals surface area contributed by atoms with E-state index >= 15 is 0 Å². The summed E-state index contributed by atoms with van der Waals surface area (Å²) in [5.41, 5.74) is 1.03. The van der Waals surface area contributed by atoms with Crippen molar-refractivity contribution in [3.63, 3.8) is 0 Å². The van der Waals surface area contributed by atoms with E-state index < -0.39 is 0 Å². The highest BCUT2D eigenvalue weighted by Crippen LogP contribution is 2.31. The van der Waals surface area contributed by atoms with Crippen LogP contribution in [0.25, 0.3) is 0 Å². The molecule has 1 fully saturated rings. The normalized spacial score (nSPS) is 21.5. The van der Waals surface area contributed by atoms with Crippen molar-refractivity contribution >= 4 is 5.91 Å². The summed E-state index contributed by atoms with van der Waals surface area (Å²) in [6.45, 7) is 2.14. The Balaban J connectivity index is 2.25. The maximum Gasteiger partial charge on any atom is 0.223 e. The lowest BCUT2D eigenvalue weighted by atomic mass is 9.93. The molecule has 2 atom stereocenters. The molecule has 1 aromatic carbocycles. The summed E-state index contributed by atoms with van der Waals surface area (Å²) < 4.78 is 0. The molecule has 2 rings (SSSR count). The molecule has 3 nitrogen and oxygen atoms in total. The number of aliphatic hydroxyl groups is 1. The van der Waals surface area contributed by atoms with Crippen molar-refractivity contribution in [3.05, 3.63) is 35.9 Å². The molecule has 1 aromatic rings. The number of benzene rings is 1. The molecule has 1 saturated heterocycles. The molecule has 1 aliphatic rings. The highest BCUT2D eigenvalue weighted by Gasteiger charge is 2.33. The molecule has 0 unspecified atom stereocenters. The lowest BCUT2D eigenvalue weighted by Gasteiger charge is -2.41. The highest BCUT2D eigenvalue weighted by atomic mass is 16.3. The maximum absolute atomic E-state index is 12.3. The lowest BCUT2D eigenvalue weighted by Crippen LogP contribution is -2.46. The first-order valence-corrected chi connectivity index (χ1v) is 7.25. The van der Waals surface area contributed by atoms with Crippen LogP contribution in [0.15, 0.2) is 30.3 Å². The van der Waals surface area contributed by atoms with E-state index in [0.717, 1.165) is 31.2 Å². The summed E-state index contributed by atoms with van der Waals surface area (Å²) in [5.74, 6) is 0.188. The first kappa shape index (κ1) is 14.1. The number of likely N-dealkylation sites (tertiary alicyclic amines) is 1. The second-order valence-electron chi connectivity index (χ2n) is 5.24. The van der Waals surface area contributed by atoms with Crippen LogP contribution in [-0.4, -0.2) is 28.6 Å². The zero-order chi connectivity index (χ0) is 13.7. The van der Waals surface area contributed by atoms with Gasteiger partial charge in [-0.2, -0.15) is 0 Å². The number of carbonyl (C=O) groups excluding carboxylic acids is 1. The minimum Gasteiger partial charge on any atom is -0.394 e. The Morgan fingerprint density at radius 3 is 2.74 bits per heavy atom. The van der Waals surface area contributed by atoms with Crippen molar-refractivity contribution in [2.24, 2.45) is 0 Å². The smallest absolute Gasteiger partial charge is 0.223 e. The van der Waals surface area contributed by atoms with E-state index in [1.807, 2.05) is 35.2 Å². The molecule has 19 heavy (non-hydrogen) atoms. The molecular weight excluding hydrogens is 238 g/mol. The van der Waals surface area contributed by atoms with E-state index in [0.29, 0.717) is 6.42 Å². The quantitative estimate of drug-likeness (QED) is 0.885. The summed E-state index contributed by atoms with van der Waals surface area (Å²) in [6, 6.07) is 9.95. The Bertz CT molecular complexity index is 402. The van der Waals surface area contributed by atoms with Gasteiger partial charge in [0.1, 0.15) is 0 Å². The number of hydrogen-bond donors (Lipinski definition) is 1. The monoisotopic (exact) mass is 261 g/mol. The van der Waals surface area contributed by atoms with Gasteiger partial charge >= 0.3 is 0 Å². The molecule has 1 heterocycles. The van der Waals surface area contributed by atoms with Crippen LogP contribution in [0.3, 0.4) is 0 Å². The summed E-state index contributed by atoms with van der Waals surface area (Å²) in [5, 5.41) is 9.74. The van der Waals surface area contributed by atoms with Gasteiger partial charge in [0.05, 0.1) is 12.6 Å². The van der Waals surface area contributed by atoms with Gasteiger partial charge in [-0.05, 0) is 24.8 Å². The fraction of sp³-hybridized carbons (Fsp3) is 0.562. The van der Waals surface area contributed by atoms with Crippen LogP contribution >= 0.6 is 0 Å². The molecule has 0 aliphatic carbocycles. The van der Waals surface area contributed by atoms with Crippen LogP contribution in [0.5, 0.6) is 0 Å². The molecule has 1 N–H and O–H groups in total. The topological polar surface area (TPSA) is 40.5 Å². The van der Waals surface area contributed by atoms with Gasteiger partial charge in [0.25, 0.3) is 0 Å². The maximum atomic E-state index is 12.3. The van der Waals surface area contributed by atoms with Gasteiger partial charge in [0, 0.05) is 12.5 Å². The van der Waals surface area contributed by atoms with Crippen LogP contribution in [0.2, 0.25) is 0 Å². The van der Waals surface area contributed by atoms with Crippen molar-refractivity contribution in [3.8, 4) is 0 Å².